The minimum atomic E-state index is -0.741. The number of ether oxygens (including phenoxy) is 1. The summed E-state index contributed by atoms with van der Waals surface area (Å²) in [5.41, 5.74) is 6.20. The summed E-state index contributed by atoms with van der Waals surface area (Å²) < 4.78 is 12.8. The molecule has 31 heavy (non-hydrogen) atoms. The Morgan fingerprint density at radius 3 is 2.94 bits per heavy atom. The predicted molar refractivity (Wildman–Crippen MR) is 109 cm³/mol. The summed E-state index contributed by atoms with van der Waals surface area (Å²) in [6.07, 6.45) is 8.12. The third-order valence-electron chi connectivity index (χ3n) is 5.49. The largest absolute Gasteiger partial charge is 0.444 e. The van der Waals surface area contributed by atoms with E-state index in [0.29, 0.717) is 17.5 Å². The van der Waals surface area contributed by atoms with Gasteiger partial charge in [-0.3, -0.25) is 14.3 Å². The van der Waals surface area contributed by atoms with Crippen LogP contribution in [0.5, 0.6) is 0 Å². The summed E-state index contributed by atoms with van der Waals surface area (Å²) in [7, 11) is 1.62. The first-order chi connectivity index (χ1) is 15.0. The molecular formula is C20H21N7O4. The number of oxazole rings is 1. The van der Waals surface area contributed by atoms with Crippen LogP contribution in [0.4, 0.5) is 11.5 Å². The summed E-state index contributed by atoms with van der Waals surface area (Å²) in [6.45, 7) is 0. The van der Waals surface area contributed by atoms with Gasteiger partial charge in [0.05, 0.1) is 23.9 Å². The van der Waals surface area contributed by atoms with Crippen molar-refractivity contribution < 1.29 is 18.7 Å². The molecule has 3 aromatic rings. The molecule has 160 valence electrons. The molecular weight excluding hydrogens is 402 g/mol. The van der Waals surface area contributed by atoms with Crippen molar-refractivity contribution in [2.75, 3.05) is 10.6 Å². The van der Waals surface area contributed by atoms with Gasteiger partial charge in [-0.1, -0.05) is 0 Å². The maximum atomic E-state index is 12.6. The van der Waals surface area contributed by atoms with E-state index in [0.717, 1.165) is 19.3 Å². The number of pyridine rings is 1. The number of nitrogens with zero attached hydrogens (tertiary/aromatic N) is 4. The zero-order valence-electron chi connectivity index (χ0n) is 16.7. The lowest BCUT2D eigenvalue weighted by molar-refractivity contribution is 0.0995. The Balaban J connectivity index is 1.30. The van der Waals surface area contributed by atoms with Crippen molar-refractivity contribution in [3.8, 4) is 11.5 Å². The molecule has 5 rings (SSSR count). The Hall–Kier alpha value is -3.73. The number of carbonyl (C=O) groups excluding carboxylic acids is 2. The van der Waals surface area contributed by atoms with Gasteiger partial charge in [-0.15, -0.1) is 0 Å². The first-order valence-electron chi connectivity index (χ1n) is 9.95. The number of hydrogen-bond donors (Lipinski definition) is 3. The van der Waals surface area contributed by atoms with Crippen molar-refractivity contribution >= 4 is 23.3 Å². The molecule has 2 fully saturated rings. The van der Waals surface area contributed by atoms with Gasteiger partial charge in [0.2, 0.25) is 5.89 Å². The quantitative estimate of drug-likeness (QED) is 0.540. The van der Waals surface area contributed by atoms with Crippen LogP contribution < -0.4 is 16.4 Å². The second-order valence-electron chi connectivity index (χ2n) is 7.71. The van der Waals surface area contributed by atoms with E-state index in [4.69, 9.17) is 14.9 Å². The average Bonchev–Trinajstić information content (AvgIpc) is 3.52. The zero-order valence-corrected chi connectivity index (χ0v) is 16.7. The SMILES string of the molecule is Cn1cc(NC(=O)c2coc(-c3ccnc(NC4CC5CCC4O5)c3)n2)c(C(N)=O)n1. The number of hydrogen-bond acceptors (Lipinski definition) is 8. The van der Waals surface area contributed by atoms with Gasteiger partial charge in [0.1, 0.15) is 12.1 Å². The molecule has 0 spiro atoms. The summed E-state index contributed by atoms with van der Waals surface area (Å²) in [4.78, 5) is 32.7. The van der Waals surface area contributed by atoms with Crippen molar-refractivity contribution in [2.24, 2.45) is 12.8 Å². The second kappa shape index (κ2) is 7.51. The van der Waals surface area contributed by atoms with Crippen molar-refractivity contribution in [3.63, 3.8) is 0 Å². The van der Waals surface area contributed by atoms with Crippen LogP contribution in [-0.4, -0.2) is 49.8 Å². The smallest absolute Gasteiger partial charge is 0.277 e. The van der Waals surface area contributed by atoms with E-state index in [-0.39, 0.29) is 35.1 Å². The molecule has 11 nitrogen and oxygen atoms in total. The van der Waals surface area contributed by atoms with E-state index in [1.807, 2.05) is 6.07 Å². The van der Waals surface area contributed by atoms with E-state index in [2.05, 4.69) is 25.7 Å². The maximum absolute atomic E-state index is 12.6. The molecule has 2 bridgehead atoms. The number of nitrogens with two attached hydrogens (primary N) is 1. The lowest BCUT2D eigenvalue weighted by Crippen LogP contribution is -2.30. The molecule has 2 amide bonds. The zero-order chi connectivity index (χ0) is 21.5. The molecule has 0 saturated carbocycles. The van der Waals surface area contributed by atoms with Crippen molar-refractivity contribution in [2.45, 2.75) is 37.5 Å². The van der Waals surface area contributed by atoms with Crippen LogP contribution in [0.25, 0.3) is 11.5 Å². The van der Waals surface area contributed by atoms with Crippen LogP contribution in [0.2, 0.25) is 0 Å². The summed E-state index contributed by atoms with van der Waals surface area (Å²) in [6, 6.07) is 3.82. The molecule has 0 aromatic carbocycles. The van der Waals surface area contributed by atoms with Crippen molar-refractivity contribution in [1.82, 2.24) is 19.7 Å². The highest BCUT2D eigenvalue weighted by atomic mass is 16.5. The summed E-state index contributed by atoms with van der Waals surface area (Å²) >= 11 is 0. The van der Waals surface area contributed by atoms with Gasteiger partial charge in [-0.25, -0.2) is 9.97 Å². The van der Waals surface area contributed by atoms with E-state index in [1.54, 1.807) is 19.3 Å². The second-order valence-corrected chi connectivity index (χ2v) is 7.71. The molecule has 0 aliphatic carbocycles. The molecule has 0 radical (unpaired) electrons. The van der Waals surface area contributed by atoms with Gasteiger partial charge in [0.25, 0.3) is 11.8 Å². The first-order valence-corrected chi connectivity index (χ1v) is 9.95. The van der Waals surface area contributed by atoms with E-state index < -0.39 is 11.8 Å². The molecule has 3 atom stereocenters. The van der Waals surface area contributed by atoms with E-state index >= 15 is 0 Å². The van der Waals surface area contributed by atoms with Gasteiger partial charge in [0, 0.05) is 25.0 Å². The molecule has 2 aliphatic rings. The fraction of sp³-hybridized carbons (Fsp3) is 0.350. The Bertz CT molecular complexity index is 1150. The lowest BCUT2D eigenvalue weighted by atomic mass is 9.95. The summed E-state index contributed by atoms with van der Waals surface area (Å²) in [5, 5.41) is 9.95. The van der Waals surface area contributed by atoms with Crippen LogP contribution in [0.15, 0.2) is 35.2 Å². The van der Waals surface area contributed by atoms with E-state index in [9.17, 15) is 9.59 Å². The van der Waals surface area contributed by atoms with Crippen LogP contribution in [0.3, 0.4) is 0 Å². The Kier molecular flexibility index (Phi) is 4.66. The fourth-order valence-electron chi connectivity index (χ4n) is 4.08. The number of aromatic nitrogens is 4. The number of fused-ring (bicyclic) bond motifs is 2. The maximum Gasteiger partial charge on any atom is 0.277 e. The molecule has 5 heterocycles. The average molecular weight is 423 g/mol. The van der Waals surface area contributed by atoms with Crippen LogP contribution >= 0.6 is 0 Å². The molecule has 3 unspecified atom stereocenters. The number of anilines is 2. The number of amides is 2. The van der Waals surface area contributed by atoms with Crippen LogP contribution in [-0.2, 0) is 11.8 Å². The van der Waals surface area contributed by atoms with Crippen molar-refractivity contribution in [3.05, 3.63) is 42.2 Å². The predicted octanol–water partition coefficient (Wildman–Crippen LogP) is 1.55. The minimum Gasteiger partial charge on any atom is -0.444 e. The molecule has 4 N–H and O–H groups in total. The third-order valence-corrected chi connectivity index (χ3v) is 5.49. The van der Waals surface area contributed by atoms with Gasteiger partial charge < -0.3 is 25.5 Å². The highest BCUT2D eigenvalue weighted by molar-refractivity contribution is 6.07. The summed E-state index contributed by atoms with van der Waals surface area (Å²) in [5.74, 6) is -0.308. The fourth-order valence-corrected chi connectivity index (χ4v) is 4.08. The molecule has 2 saturated heterocycles. The van der Waals surface area contributed by atoms with Crippen molar-refractivity contribution in [1.29, 1.82) is 0 Å². The lowest BCUT2D eigenvalue weighted by Gasteiger charge is -2.20. The highest BCUT2D eigenvalue weighted by Crippen LogP contribution is 2.36. The first kappa shape index (κ1) is 19.2. The monoisotopic (exact) mass is 423 g/mol. The number of nitrogens with one attached hydrogen (secondary N) is 2. The number of aryl methyl sites for hydroxylation is 1. The Labute approximate surface area is 177 Å². The highest BCUT2D eigenvalue weighted by Gasteiger charge is 2.40. The Morgan fingerprint density at radius 2 is 2.19 bits per heavy atom. The number of carbonyl (C=O) groups is 2. The standard InChI is InChI=1S/C20H21N7O4/c1-27-8-13(17(26-27)18(21)28)24-19(29)14-9-30-20(25-14)10-4-5-22-16(6-10)23-12-7-11-2-3-15(12)31-11/h4-6,8-9,11-12,15H,2-3,7H2,1H3,(H2,21,28)(H,22,23)(H,24,29). The topological polar surface area (TPSA) is 150 Å². The van der Waals surface area contributed by atoms with Gasteiger partial charge in [-0.05, 0) is 31.4 Å². The minimum absolute atomic E-state index is 0.0333. The molecule has 11 heteroatoms. The van der Waals surface area contributed by atoms with Gasteiger partial charge >= 0.3 is 0 Å². The van der Waals surface area contributed by atoms with Gasteiger partial charge in [0.15, 0.2) is 11.4 Å². The third kappa shape index (κ3) is 3.75. The number of primary amides is 1. The van der Waals surface area contributed by atoms with E-state index in [1.165, 1.54) is 17.1 Å². The Morgan fingerprint density at radius 1 is 1.32 bits per heavy atom. The molecule has 2 aliphatic heterocycles. The van der Waals surface area contributed by atoms with Crippen LogP contribution in [0.1, 0.15) is 40.2 Å². The molecule has 3 aromatic heterocycles. The van der Waals surface area contributed by atoms with Gasteiger partial charge in [-0.2, -0.15) is 5.10 Å². The number of rotatable bonds is 6. The normalized spacial score (nSPS) is 21.9. The van der Waals surface area contributed by atoms with Crippen LogP contribution in [0, 0.1) is 0 Å².